The Kier molecular flexibility index (Phi) is 8.06. The predicted octanol–water partition coefficient (Wildman–Crippen LogP) is 5.29. The first kappa shape index (κ1) is 27.9. The van der Waals surface area contributed by atoms with Crippen molar-refractivity contribution in [2.24, 2.45) is 0 Å². The van der Waals surface area contributed by atoms with E-state index in [0.29, 0.717) is 54.4 Å². The summed E-state index contributed by atoms with van der Waals surface area (Å²) in [6.07, 6.45) is 0.400. The maximum atomic E-state index is 14.0. The number of nitrogens with two attached hydrogens (primary N) is 1. The molecule has 8 nitrogen and oxygen atoms in total. The van der Waals surface area contributed by atoms with Gasteiger partial charge in [-0.1, -0.05) is 12.1 Å². The summed E-state index contributed by atoms with van der Waals surface area (Å²) in [7, 11) is 0. The van der Waals surface area contributed by atoms with Gasteiger partial charge in [0.2, 0.25) is 5.91 Å². The number of ether oxygens (including phenoxy) is 1. The van der Waals surface area contributed by atoms with E-state index < -0.39 is 17.6 Å². The number of hydrogen-bond donors (Lipinski definition) is 2. The lowest BCUT2D eigenvalue weighted by Gasteiger charge is -2.19. The molecule has 1 aliphatic rings. The summed E-state index contributed by atoms with van der Waals surface area (Å²) >= 11 is 0. The van der Waals surface area contributed by atoms with Gasteiger partial charge in [0, 0.05) is 42.9 Å². The smallest absolute Gasteiger partial charge is 0.420 e. The standard InChI is InChI=1S/C30H27F3N4O4/c31-30(32,33)25-16-22(20-4-6-21(7-5-20)29(39)37-10-1-12-40-13-11-37)14-23-15-24(41-28(23)25)18-36-27(38)9-3-19-2-8-26(34)35-17-19/h2-9,14-17H,1,10-13,18H2,(H2,34,35)(H,36,38). The zero-order chi connectivity index (χ0) is 29.0. The van der Waals surface area contributed by atoms with E-state index in [1.54, 1.807) is 47.4 Å². The van der Waals surface area contributed by atoms with Crippen LogP contribution in [-0.4, -0.2) is 48.0 Å². The second-order valence-corrected chi connectivity index (χ2v) is 9.56. The van der Waals surface area contributed by atoms with Gasteiger partial charge in [-0.3, -0.25) is 9.59 Å². The fourth-order valence-electron chi connectivity index (χ4n) is 4.53. The molecule has 5 rings (SSSR count). The second-order valence-electron chi connectivity index (χ2n) is 9.56. The molecule has 0 radical (unpaired) electrons. The van der Waals surface area contributed by atoms with E-state index in [-0.39, 0.29) is 29.2 Å². The number of carbonyl (C=O) groups is 2. The topological polar surface area (TPSA) is 111 Å². The van der Waals surface area contributed by atoms with Crippen molar-refractivity contribution in [2.75, 3.05) is 32.0 Å². The number of nitrogen functional groups attached to an aromatic ring is 1. The van der Waals surface area contributed by atoms with Crippen LogP contribution in [0.4, 0.5) is 19.0 Å². The largest absolute Gasteiger partial charge is 0.459 e. The molecule has 0 unspecified atom stereocenters. The molecule has 212 valence electrons. The lowest BCUT2D eigenvalue weighted by atomic mass is 9.99. The van der Waals surface area contributed by atoms with Gasteiger partial charge in [-0.05, 0) is 71.7 Å². The van der Waals surface area contributed by atoms with Crippen molar-refractivity contribution in [3.63, 3.8) is 0 Å². The number of halogens is 3. The third kappa shape index (κ3) is 6.75. The lowest BCUT2D eigenvalue weighted by Crippen LogP contribution is -2.33. The average molecular weight is 565 g/mol. The van der Waals surface area contributed by atoms with Gasteiger partial charge >= 0.3 is 6.18 Å². The van der Waals surface area contributed by atoms with E-state index in [1.807, 2.05) is 0 Å². The summed E-state index contributed by atoms with van der Waals surface area (Å²) in [5.41, 5.74) is 6.26. The van der Waals surface area contributed by atoms with Crippen molar-refractivity contribution in [3.05, 3.63) is 89.3 Å². The van der Waals surface area contributed by atoms with Gasteiger partial charge in [-0.15, -0.1) is 0 Å². The van der Waals surface area contributed by atoms with Crippen LogP contribution < -0.4 is 11.1 Å². The molecule has 11 heteroatoms. The Morgan fingerprint density at radius 2 is 1.83 bits per heavy atom. The number of nitrogens with one attached hydrogen (secondary N) is 1. The second kappa shape index (κ2) is 11.8. The molecule has 4 aromatic rings. The third-order valence-corrected chi connectivity index (χ3v) is 6.62. The number of pyridine rings is 1. The number of fused-ring (bicyclic) bond motifs is 1. The Morgan fingerprint density at radius 3 is 2.56 bits per heavy atom. The quantitative estimate of drug-likeness (QED) is 0.308. The number of benzene rings is 2. The predicted molar refractivity (Wildman–Crippen MR) is 148 cm³/mol. The van der Waals surface area contributed by atoms with Crippen LogP contribution in [0.3, 0.4) is 0 Å². The maximum absolute atomic E-state index is 14.0. The van der Waals surface area contributed by atoms with Crippen LogP contribution in [0, 0.1) is 0 Å². The van der Waals surface area contributed by atoms with Gasteiger partial charge in [0.15, 0.2) is 0 Å². The van der Waals surface area contributed by atoms with E-state index in [4.69, 9.17) is 14.9 Å². The summed E-state index contributed by atoms with van der Waals surface area (Å²) in [5.74, 6) is -0.0821. The molecule has 1 fully saturated rings. The zero-order valence-corrected chi connectivity index (χ0v) is 21.9. The molecule has 0 spiro atoms. The number of carbonyl (C=O) groups excluding carboxylic acids is 2. The fraction of sp³-hybridized carbons (Fsp3) is 0.233. The van der Waals surface area contributed by atoms with Gasteiger partial charge in [0.25, 0.3) is 5.91 Å². The minimum absolute atomic E-state index is 0.108. The molecule has 1 saturated heterocycles. The van der Waals surface area contributed by atoms with Crippen molar-refractivity contribution >= 4 is 34.7 Å². The van der Waals surface area contributed by atoms with Crippen LogP contribution in [-0.2, 0) is 22.3 Å². The maximum Gasteiger partial charge on any atom is 0.420 e. The Hall–Kier alpha value is -4.64. The van der Waals surface area contributed by atoms with Gasteiger partial charge in [0.05, 0.1) is 18.7 Å². The number of furan rings is 1. The molecular formula is C30H27F3N4O4. The molecule has 2 amide bonds. The highest BCUT2D eigenvalue weighted by atomic mass is 19.4. The van der Waals surface area contributed by atoms with Gasteiger partial charge in [-0.2, -0.15) is 13.2 Å². The number of nitrogens with zero attached hydrogens (tertiary/aromatic N) is 2. The van der Waals surface area contributed by atoms with Crippen molar-refractivity contribution in [3.8, 4) is 11.1 Å². The Labute approximate surface area is 233 Å². The Balaban J connectivity index is 1.34. The number of rotatable bonds is 6. The minimum Gasteiger partial charge on any atom is -0.459 e. The first-order valence-corrected chi connectivity index (χ1v) is 13.0. The number of anilines is 1. The van der Waals surface area contributed by atoms with Crippen LogP contribution in [0.25, 0.3) is 28.2 Å². The van der Waals surface area contributed by atoms with Crippen molar-refractivity contribution in [2.45, 2.75) is 19.1 Å². The van der Waals surface area contributed by atoms with Crippen molar-refractivity contribution in [1.82, 2.24) is 15.2 Å². The van der Waals surface area contributed by atoms with Crippen LogP contribution in [0.2, 0.25) is 0 Å². The zero-order valence-electron chi connectivity index (χ0n) is 21.9. The third-order valence-electron chi connectivity index (χ3n) is 6.62. The van der Waals surface area contributed by atoms with E-state index >= 15 is 0 Å². The van der Waals surface area contributed by atoms with Gasteiger partial charge in [0.1, 0.15) is 17.2 Å². The summed E-state index contributed by atoms with van der Waals surface area (Å²) < 4.78 is 53.0. The van der Waals surface area contributed by atoms with E-state index in [0.717, 1.165) is 12.5 Å². The first-order chi connectivity index (χ1) is 19.7. The molecule has 0 saturated carbocycles. The van der Waals surface area contributed by atoms with Crippen LogP contribution in [0.15, 0.2) is 71.3 Å². The van der Waals surface area contributed by atoms with Crippen molar-refractivity contribution in [1.29, 1.82) is 0 Å². The molecular weight excluding hydrogens is 537 g/mol. The lowest BCUT2D eigenvalue weighted by molar-refractivity contribution is -0.136. The van der Waals surface area contributed by atoms with Crippen LogP contribution in [0.1, 0.15) is 33.7 Å². The molecule has 3 N–H and O–H groups in total. The summed E-state index contributed by atoms with van der Waals surface area (Å²) in [6.45, 7) is 2.05. The monoisotopic (exact) mass is 564 g/mol. The molecule has 0 bridgehead atoms. The summed E-state index contributed by atoms with van der Waals surface area (Å²) in [4.78, 5) is 30.7. The van der Waals surface area contributed by atoms with E-state index in [2.05, 4.69) is 10.3 Å². The van der Waals surface area contributed by atoms with E-state index in [9.17, 15) is 22.8 Å². The minimum atomic E-state index is -4.67. The highest BCUT2D eigenvalue weighted by Gasteiger charge is 2.35. The molecule has 41 heavy (non-hydrogen) atoms. The highest BCUT2D eigenvalue weighted by Crippen LogP contribution is 2.39. The molecule has 1 aliphatic heterocycles. The number of hydrogen-bond acceptors (Lipinski definition) is 6. The normalized spacial score (nSPS) is 14.4. The number of amides is 2. The van der Waals surface area contributed by atoms with Crippen LogP contribution in [0.5, 0.6) is 0 Å². The van der Waals surface area contributed by atoms with E-state index in [1.165, 1.54) is 24.4 Å². The summed E-state index contributed by atoms with van der Waals surface area (Å²) in [6, 6.07) is 13.9. The van der Waals surface area contributed by atoms with Gasteiger partial charge in [-0.25, -0.2) is 4.98 Å². The SMILES string of the molecule is Nc1ccc(C=CC(=O)NCc2cc3cc(-c4ccc(C(=O)N5CCCOCC5)cc4)cc(C(F)(F)F)c3o2)cn1. The number of aromatic nitrogens is 1. The Bertz CT molecular complexity index is 1570. The Morgan fingerprint density at radius 1 is 1.02 bits per heavy atom. The van der Waals surface area contributed by atoms with Gasteiger partial charge < -0.3 is 25.1 Å². The first-order valence-electron chi connectivity index (χ1n) is 13.0. The number of alkyl halides is 3. The molecule has 2 aromatic carbocycles. The molecule has 0 aliphatic carbocycles. The van der Waals surface area contributed by atoms with Crippen molar-refractivity contribution < 1.29 is 31.9 Å². The summed E-state index contributed by atoms with van der Waals surface area (Å²) in [5, 5.41) is 2.85. The molecule has 0 atom stereocenters. The fourth-order valence-corrected chi connectivity index (χ4v) is 4.53. The molecule has 2 aromatic heterocycles. The highest BCUT2D eigenvalue weighted by molar-refractivity contribution is 5.95. The van der Waals surface area contributed by atoms with Crippen LogP contribution >= 0.6 is 0 Å². The average Bonchev–Trinajstić information content (AvgIpc) is 3.18. The molecule has 3 heterocycles.